The lowest BCUT2D eigenvalue weighted by molar-refractivity contribution is -0.674. The third-order valence-electron chi connectivity index (χ3n) is 1.68. The fourth-order valence-corrected chi connectivity index (χ4v) is 1.15. The molecule has 11 heavy (non-hydrogen) atoms. The van der Waals surface area contributed by atoms with E-state index in [9.17, 15) is 0 Å². The summed E-state index contributed by atoms with van der Waals surface area (Å²) in [6.45, 7) is 6.34. The lowest BCUT2D eigenvalue weighted by Crippen LogP contribution is -2.31. The standard InChI is InChI=1S/C8H12N2O/c1-4-10-6-5-9(3)8(10)7(2)11/h5-6H,2,4H2,1,3H3/p+1. The van der Waals surface area contributed by atoms with E-state index in [-0.39, 0.29) is 5.76 Å². The maximum absolute atomic E-state index is 9.17. The number of aromatic nitrogens is 2. The molecule has 0 bridgehead atoms. The van der Waals surface area contributed by atoms with E-state index in [0.717, 1.165) is 12.4 Å². The summed E-state index contributed by atoms with van der Waals surface area (Å²) in [6, 6.07) is 0. The molecule has 0 saturated carbocycles. The minimum atomic E-state index is 0.111. The molecule has 0 aliphatic rings. The monoisotopic (exact) mass is 153 g/mol. The zero-order valence-electron chi connectivity index (χ0n) is 6.91. The lowest BCUT2D eigenvalue weighted by atomic mass is 10.5. The van der Waals surface area contributed by atoms with Gasteiger partial charge < -0.3 is 5.11 Å². The fraction of sp³-hybridized carbons (Fsp3) is 0.375. The molecule has 3 nitrogen and oxygen atoms in total. The summed E-state index contributed by atoms with van der Waals surface area (Å²) in [4.78, 5) is 0. The SMILES string of the molecule is C=C(O)c1n(CC)cc[n+]1C. The summed E-state index contributed by atoms with van der Waals surface area (Å²) < 4.78 is 3.77. The van der Waals surface area contributed by atoms with Gasteiger partial charge in [0, 0.05) is 0 Å². The van der Waals surface area contributed by atoms with Gasteiger partial charge in [0.2, 0.25) is 0 Å². The van der Waals surface area contributed by atoms with Crippen molar-refractivity contribution in [1.29, 1.82) is 0 Å². The second kappa shape index (κ2) is 2.78. The Labute approximate surface area is 66.2 Å². The predicted octanol–water partition coefficient (Wildman–Crippen LogP) is 0.861. The van der Waals surface area contributed by atoms with Crippen molar-refractivity contribution < 1.29 is 9.67 Å². The minimum Gasteiger partial charge on any atom is -0.502 e. The van der Waals surface area contributed by atoms with E-state index in [0.29, 0.717) is 0 Å². The van der Waals surface area contributed by atoms with Crippen molar-refractivity contribution in [3.8, 4) is 0 Å². The molecular formula is C8H13N2O+. The lowest BCUT2D eigenvalue weighted by Gasteiger charge is -1.96. The van der Waals surface area contributed by atoms with Crippen LogP contribution in [0.4, 0.5) is 0 Å². The highest BCUT2D eigenvalue weighted by Crippen LogP contribution is 2.03. The largest absolute Gasteiger partial charge is 0.502 e. The third-order valence-corrected chi connectivity index (χ3v) is 1.68. The average Bonchev–Trinajstić information content (AvgIpc) is 2.30. The second-order valence-electron chi connectivity index (χ2n) is 2.47. The Morgan fingerprint density at radius 2 is 2.45 bits per heavy atom. The van der Waals surface area contributed by atoms with Crippen molar-refractivity contribution >= 4 is 5.76 Å². The molecule has 0 radical (unpaired) electrons. The Morgan fingerprint density at radius 3 is 2.82 bits per heavy atom. The van der Waals surface area contributed by atoms with Gasteiger partial charge in [-0.1, -0.05) is 0 Å². The van der Waals surface area contributed by atoms with E-state index < -0.39 is 0 Å². The number of nitrogens with zero attached hydrogens (tertiary/aromatic N) is 2. The van der Waals surface area contributed by atoms with Crippen LogP contribution in [0.3, 0.4) is 0 Å². The molecule has 0 aliphatic heterocycles. The highest BCUT2D eigenvalue weighted by molar-refractivity contribution is 5.45. The zero-order valence-corrected chi connectivity index (χ0v) is 6.91. The highest BCUT2D eigenvalue weighted by Gasteiger charge is 2.15. The van der Waals surface area contributed by atoms with Gasteiger partial charge in [0.15, 0.2) is 5.76 Å². The second-order valence-corrected chi connectivity index (χ2v) is 2.47. The van der Waals surface area contributed by atoms with E-state index in [4.69, 9.17) is 5.11 Å². The van der Waals surface area contributed by atoms with Crippen LogP contribution in [-0.2, 0) is 13.6 Å². The minimum absolute atomic E-state index is 0.111. The molecule has 0 atom stereocenters. The Balaban J connectivity index is 3.17. The zero-order chi connectivity index (χ0) is 8.43. The summed E-state index contributed by atoms with van der Waals surface area (Å²) in [5.41, 5.74) is 0. The molecule has 1 N–H and O–H groups in total. The molecule has 0 amide bonds. The fourth-order valence-electron chi connectivity index (χ4n) is 1.15. The molecule has 60 valence electrons. The Morgan fingerprint density at radius 1 is 1.82 bits per heavy atom. The van der Waals surface area contributed by atoms with Gasteiger partial charge in [-0.2, -0.15) is 0 Å². The van der Waals surface area contributed by atoms with Crippen LogP contribution >= 0.6 is 0 Å². The highest BCUT2D eigenvalue weighted by atomic mass is 16.3. The van der Waals surface area contributed by atoms with Gasteiger partial charge in [-0.05, 0) is 13.5 Å². The van der Waals surface area contributed by atoms with E-state index in [1.165, 1.54) is 0 Å². The van der Waals surface area contributed by atoms with Crippen molar-refractivity contribution in [1.82, 2.24) is 4.57 Å². The number of aryl methyl sites for hydroxylation is 2. The molecule has 1 aromatic heterocycles. The molecule has 0 spiro atoms. The third kappa shape index (κ3) is 1.27. The summed E-state index contributed by atoms with van der Waals surface area (Å²) >= 11 is 0. The Bertz CT molecular complexity index is 276. The van der Waals surface area contributed by atoms with E-state index >= 15 is 0 Å². The summed E-state index contributed by atoms with van der Waals surface area (Å²) in [5.74, 6) is 0.867. The smallest absolute Gasteiger partial charge is 0.323 e. The van der Waals surface area contributed by atoms with E-state index in [1.54, 1.807) is 0 Å². The molecule has 1 aromatic rings. The Kier molecular flexibility index (Phi) is 1.98. The first-order chi connectivity index (χ1) is 5.16. The topological polar surface area (TPSA) is 29.0 Å². The normalized spacial score (nSPS) is 10.0. The first kappa shape index (κ1) is 7.85. The first-order valence-electron chi connectivity index (χ1n) is 3.59. The van der Waals surface area contributed by atoms with Gasteiger partial charge in [0.05, 0.1) is 13.6 Å². The maximum atomic E-state index is 9.17. The molecular weight excluding hydrogens is 140 g/mol. The van der Waals surface area contributed by atoms with Crippen molar-refractivity contribution in [3.63, 3.8) is 0 Å². The van der Waals surface area contributed by atoms with Crippen molar-refractivity contribution in [2.75, 3.05) is 0 Å². The van der Waals surface area contributed by atoms with Crippen LogP contribution in [0, 0.1) is 0 Å². The number of rotatable bonds is 2. The molecule has 0 aromatic carbocycles. The van der Waals surface area contributed by atoms with Crippen LogP contribution in [-0.4, -0.2) is 9.67 Å². The number of aliphatic hydroxyl groups excluding tert-OH is 1. The van der Waals surface area contributed by atoms with Crippen LogP contribution in [0.25, 0.3) is 5.76 Å². The van der Waals surface area contributed by atoms with Gasteiger partial charge in [-0.3, -0.25) is 0 Å². The van der Waals surface area contributed by atoms with E-state index in [2.05, 4.69) is 6.58 Å². The van der Waals surface area contributed by atoms with Gasteiger partial charge in [0.1, 0.15) is 12.4 Å². The van der Waals surface area contributed by atoms with Crippen molar-refractivity contribution in [2.45, 2.75) is 13.5 Å². The van der Waals surface area contributed by atoms with Crippen LogP contribution in [0.1, 0.15) is 12.7 Å². The van der Waals surface area contributed by atoms with Crippen molar-refractivity contribution in [2.24, 2.45) is 7.05 Å². The molecule has 1 rings (SSSR count). The number of hydrogen-bond donors (Lipinski definition) is 1. The molecule has 0 aliphatic carbocycles. The number of aliphatic hydroxyl groups is 1. The first-order valence-corrected chi connectivity index (χ1v) is 3.59. The van der Waals surface area contributed by atoms with E-state index in [1.807, 2.05) is 35.5 Å². The number of imidazole rings is 1. The van der Waals surface area contributed by atoms with Crippen molar-refractivity contribution in [3.05, 3.63) is 24.8 Å². The molecule has 1 heterocycles. The van der Waals surface area contributed by atoms with Gasteiger partial charge in [0.25, 0.3) is 0 Å². The molecule has 0 fully saturated rings. The van der Waals surface area contributed by atoms with Gasteiger partial charge in [-0.15, -0.1) is 0 Å². The van der Waals surface area contributed by atoms with Crippen LogP contribution < -0.4 is 4.57 Å². The summed E-state index contributed by atoms with van der Waals surface area (Å²) in [6.07, 6.45) is 3.80. The van der Waals surface area contributed by atoms with Crippen LogP contribution in [0.15, 0.2) is 19.0 Å². The van der Waals surface area contributed by atoms with Crippen LogP contribution in [0.2, 0.25) is 0 Å². The Hall–Kier alpha value is -1.25. The van der Waals surface area contributed by atoms with Crippen LogP contribution in [0.5, 0.6) is 0 Å². The summed E-state index contributed by atoms with van der Waals surface area (Å²) in [5, 5.41) is 9.17. The van der Waals surface area contributed by atoms with Gasteiger partial charge in [-0.25, -0.2) is 9.13 Å². The number of hydrogen-bond acceptors (Lipinski definition) is 1. The molecule has 3 heteroatoms. The maximum Gasteiger partial charge on any atom is 0.323 e. The van der Waals surface area contributed by atoms with Gasteiger partial charge >= 0.3 is 5.82 Å². The molecule has 0 saturated heterocycles. The summed E-state index contributed by atoms with van der Waals surface area (Å²) in [7, 11) is 1.88. The quantitative estimate of drug-likeness (QED) is 0.495. The molecule has 0 unspecified atom stereocenters. The predicted molar refractivity (Wildman–Crippen MR) is 42.9 cm³/mol. The average molecular weight is 153 g/mol.